The van der Waals surface area contributed by atoms with Gasteiger partial charge >= 0.3 is 5.97 Å². The maximum Gasteiger partial charge on any atom is 0.305 e. The molecule has 7 heteroatoms. The van der Waals surface area contributed by atoms with Gasteiger partial charge in [0, 0.05) is 13.0 Å². The number of unbranched alkanes of at least 4 members (excludes halogenated alkanes) is 1. The van der Waals surface area contributed by atoms with Gasteiger partial charge in [-0.15, -0.1) is 0 Å². The summed E-state index contributed by atoms with van der Waals surface area (Å²) < 4.78 is 16.7. The van der Waals surface area contributed by atoms with Gasteiger partial charge in [-0.05, 0) is 63.1 Å². The van der Waals surface area contributed by atoms with E-state index in [0.29, 0.717) is 26.3 Å². The van der Waals surface area contributed by atoms with Crippen LogP contribution in [0.3, 0.4) is 0 Å². The molecule has 2 N–H and O–H groups in total. The minimum Gasteiger partial charge on any atom is -0.464 e. The maximum absolute atomic E-state index is 11.8. The van der Waals surface area contributed by atoms with Crippen molar-refractivity contribution in [1.82, 2.24) is 5.32 Å². The normalized spacial score (nSPS) is 14.1. The van der Waals surface area contributed by atoms with Gasteiger partial charge in [0.05, 0.1) is 26.0 Å². The van der Waals surface area contributed by atoms with Crippen LogP contribution in [-0.2, 0) is 18.7 Å². The molecular formula is C32H57NO5Si. The number of esters is 1. The monoisotopic (exact) mass is 563 g/mol. The summed E-state index contributed by atoms with van der Waals surface area (Å²) in [5, 5.41) is 13.2. The van der Waals surface area contributed by atoms with E-state index in [1.54, 1.807) is 0 Å². The van der Waals surface area contributed by atoms with Gasteiger partial charge in [-0.1, -0.05) is 88.5 Å². The fraction of sp³-hybridized carbons (Fsp3) is 0.656. The zero-order chi connectivity index (χ0) is 29.2. The second kappa shape index (κ2) is 24.1. The van der Waals surface area contributed by atoms with Crippen LogP contribution < -0.4 is 5.32 Å². The lowest BCUT2D eigenvalue weighted by Crippen LogP contribution is -2.43. The van der Waals surface area contributed by atoms with Crippen molar-refractivity contribution in [3.63, 3.8) is 0 Å². The average molecular weight is 564 g/mol. The van der Waals surface area contributed by atoms with Gasteiger partial charge in [0.2, 0.25) is 0 Å². The number of rotatable bonds is 23. The van der Waals surface area contributed by atoms with E-state index < -0.39 is 14.4 Å². The molecule has 39 heavy (non-hydrogen) atoms. The quantitative estimate of drug-likeness (QED) is 0.0443. The van der Waals surface area contributed by atoms with E-state index in [2.05, 4.69) is 107 Å². The minimum atomic E-state index is -1.87. The van der Waals surface area contributed by atoms with Crippen molar-refractivity contribution in [1.29, 1.82) is 0 Å². The molecule has 0 aliphatic carbocycles. The summed E-state index contributed by atoms with van der Waals surface area (Å²) in [6.07, 6.45) is 28.2. The molecule has 0 radical (unpaired) electrons. The van der Waals surface area contributed by atoms with Crippen molar-refractivity contribution in [3.8, 4) is 0 Å². The van der Waals surface area contributed by atoms with Crippen LogP contribution in [0.25, 0.3) is 0 Å². The Morgan fingerprint density at radius 3 is 1.95 bits per heavy atom. The molecule has 0 aromatic carbocycles. The fourth-order valence-electron chi connectivity index (χ4n) is 2.95. The first kappa shape index (κ1) is 37.2. The molecule has 0 fully saturated rings. The molecule has 0 aromatic rings. The van der Waals surface area contributed by atoms with E-state index in [1.165, 1.54) is 0 Å². The van der Waals surface area contributed by atoms with Gasteiger partial charge in [0.25, 0.3) is 0 Å². The largest absolute Gasteiger partial charge is 0.464 e. The highest BCUT2D eigenvalue weighted by atomic mass is 28.4. The fourth-order valence-corrected chi connectivity index (χ4v) is 3.99. The molecule has 0 amide bonds. The molecule has 0 rings (SSSR count). The summed E-state index contributed by atoms with van der Waals surface area (Å²) in [6, 6.07) is 0. The van der Waals surface area contributed by atoms with Gasteiger partial charge in [-0.25, -0.2) is 0 Å². The molecule has 0 saturated heterocycles. The smallest absolute Gasteiger partial charge is 0.305 e. The Kier molecular flexibility index (Phi) is 23.0. The molecule has 0 spiro atoms. The van der Waals surface area contributed by atoms with Crippen LogP contribution in [0.4, 0.5) is 0 Å². The van der Waals surface area contributed by atoms with Crippen LogP contribution in [-0.4, -0.2) is 58.6 Å². The first-order chi connectivity index (χ1) is 18.6. The third-order valence-electron chi connectivity index (χ3n) is 6.41. The second-order valence-corrected chi connectivity index (χ2v) is 15.9. The van der Waals surface area contributed by atoms with Crippen molar-refractivity contribution < 1.29 is 23.8 Å². The lowest BCUT2D eigenvalue weighted by atomic mass is 10.2. The minimum absolute atomic E-state index is 0.113. The van der Waals surface area contributed by atoms with Crippen molar-refractivity contribution in [3.05, 3.63) is 60.8 Å². The summed E-state index contributed by atoms with van der Waals surface area (Å²) in [4.78, 5) is 11.8. The lowest BCUT2D eigenvalue weighted by molar-refractivity contribution is -0.143. The number of hydrogen-bond acceptors (Lipinski definition) is 6. The number of carbonyl (C=O) groups is 1. The molecular weight excluding hydrogens is 506 g/mol. The predicted molar refractivity (Wildman–Crippen MR) is 167 cm³/mol. The molecule has 1 atom stereocenters. The van der Waals surface area contributed by atoms with Gasteiger partial charge in [-0.3, -0.25) is 10.1 Å². The van der Waals surface area contributed by atoms with Crippen molar-refractivity contribution in [2.24, 2.45) is 0 Å². The summed E-state index contributed by atoms with van der Waals surface area (Å²) >= 11 is 0. The molecule has 0 aromatic heterocycles. The Bertz CT molecular complexity index is 750. The number of aliphatic hydroxyl groups is 1. The predicted octanol–water partition coefficient (Wildman–Crippen LogP) is 7.40. The number of aliphatic hydroxyl groups excluding tert-OH is 1. The highest BCUT2D eigenvalue weighted by Gasteiger charge is 2.37. The van der Waals surface area contributed by atoms with Crippen LogP contribution in [0.15, 0.2) is 60.8 Å². The van der Waals surface area contributed by atoms with Crippen LogP contribution in [0.5, 0.6) is 0 Å². The molecule has 1 unspecified atom stereocenters. The van der Waals surface area contributed by atoms with Gasteiger partial charge < -0.3 is 19.0 Å². The Morgan fingerprint density at radius 2 is 1.41 bits per heavy atom. The first-order valence-electron chi connectivity index (χ1n) is 14.6. The van der Waals surface area contributed by atoms with E-state index in [0.717, 1.165) is 44.9 Å². The Labute approximate surface area is 240 Å². The molecule has 0 saturated carbocycles. The highest BCUT2D eigenvalue weighted by molar-refractivity contribution is 6.74. The van der Waals surface area contributed by atoms with Crippen LogP contribution in [0, 0.1) is 0 Å². The zero-order valence-corrected chi connectivity index (χ0v) is 26.6. The Hall–Kier alpha value is -1.77. The number of allylic oxidation sites excluding steroid dienone is 10. The van der Waals surface area contributed by atoms with Crippen LogP contribution >= 0.6 is 0 Å². The molecule has 0 aliphatic rings. The highest BCUT2D eigenvalue weighted by Crippen LogP contribution is 2.36. The first-order valence-corrected chi connectivity index (χ1v) is 17.5. The third-order valence-corrected chi connectivity index (χ3v) is 10.9. The van der Waals surface area contributed by atoms with Gasteiger partial charge in [-0.2, -0.15) is 0 Å². The summed E-state index contributed by atoms with van der Waals surface area (Å²) in [7, 11) is -1.87. The maximum atomic E-state index is 11.8. The lowest BCUT2D eigenvalue weighted by Gasteiger charge is -2.36. The van der Waals surface area contributed by atoms with Gasteiger partial charge in [0.15, 0.2) is 8.32 Å². The Morgan fingerprint density at radius 1 is 0.872 bits per heavy atom. The SMILES string of the molecule is CC/C=C\C/C=C\C/C=C\C/C=C\C/C=C\CCCC(=O)OCCNCOCC(O)CO[Si](C)(C)C(C)(C)C. The van der Waals surface area contributed by atoms with Gasteiger partial charge in [0.1, 0.15) is 6.61 Å². The molecule has 6 nitrogen and oxygen atoms in total. The molecule has 0 bridgehead atoms. The van der Waals surface area contributed by atoms with E-state index >= 15 is 0 Å². The van der Waals surface area contributed by atoms with Crippen LogP contribution in [0.1, 0.15) is 79.1 Å². The number of nitrogens with one attached hydrogen (secondary N) is 1. The molecule has 0 heterocycles. The third kappa shape index (κ3) is 23.8. The Balaban J connectivity index is 3.60. The molecule has 224 valence electrons. The zero-order valence-electron chi connectivity index (χ0n) is 25.6. The van der Waals surface area contributed by atoms with E-state index in [4.69, 9.17) is 13.9 Å². The van der Waals surface area contributed by atoms with Crippen molar-refractivity contribution in [2.75, 3.05) is 33.1 Å². The van der Waals surface area contributed by atoms with Crippen molar-refractivity contribution >= 4 is 14.3 Å². The summed E-state index contributed by atoms with van der Waals surface area (Å²) in [6.45, 7) is 14.6. The summed E-state index contributed by atoms with van der Waals surface area (Å²) in [5.41, 5.74) is 0. The van der Waals surface area contributed by atoms with E-state index in [9.17, 15) is 9.90 Å². The van der Waals surface area contributed by atoms with E-state index in [1.807, 2.05) is 0 Å². The summed E-state index contributed by atoms with van der Waals surface area (Å²) in [5.74, 6) is -0.178. The number of hydrogen-bond donors (Lipinski definition) is 2. The molecule has 0 aliphatic heterocycles. The number of carbonyl (C=O) groups excluding carboxylic acids is 1. The standard InChI is InChI=1S/C32H57NO5Si/c1-7-8-9-10-11-12-13-14-15-16-17-18-19-20-21-22-23-24-31(35)37-26-25-33-29-36-27-30(34)28-38-39(5,6)32(2,3)4/h8-9,11-12,14-15,17-18,20-21,30,33-34H,7,10,13,16,19,22-29H2,1-6H3/b9-8-,12-11-,15-14-,18-17-,21-20-. The van der Waals surface area contributed by atoms with Crippen LogP contribution in [0.2, 0.25) is 18.1 Å². The number of ether oxygens (including phenoxy) is 2. The second-order valence-electron chi connectivity index (χ2n) is 11.1. The average Bonchev–Trinajstić information content (AvgIpc) is 2.88. The van der Waals surface area contributed by atoms with Crippen molar-refractivity contribution in [2.45, 2.75) is 103 Å². The van der Waals surface area contributed by atoms with E-state index in [-0.39, 0.29) is 24.2 Å². The topological polar surface area (TPSA) is 77.0 Å².